The number of hydrogen-bond acceptors (Lipinski definition) is 6. The summed E-state index contributed by atoms with van der Waals surface area (Å²) < 4.78 is 33.8. The van der Waals surface area contributed by atoms with Crippen LogP contribution in [0.4, 0.5) is 0 Å². The summed E-state index contributed by atoms with van der Waals surface area (Å²) in [5, 5.41) is 2.13. The van der Waals surface area contributed by atoms with Gasteiger partial charge >= 0.3 is 5.76 Å². The van der Waals surface area contributed by atoms with Crippen molar-refractivity contribution in [3.05, 3.63) is 50.6 Å². The second-order valence-electron chi connectivity index (χ2n) is 7.12. The van der Waals surface area contributed by atoms with E-state index in [9.17, 15) is 13.2 Å². The molecule has 0 amide bonds. The van der Waals surface area contributed by atoms with Crippen LogP contribution in [-0.4, -0.2) is 47.9 Å². The summed E-state index contributed by atoms with van der Waals surface area (Å²) in [5.41, 5.74) is 2.25. The summed E-state index contributed by atoms with van der Waals surface area (Å²) in [5.74, 6) is -0.499. The highest BCUT2D eigenvalue weighted by Crippen LogP contribution is 2.30. The zero-order valence-electron chi connectivity index (χ0n) is 14.8. The molecule has 1 saturated heterocycles. The average molecular weight is 406 g/mol. The summed E-state index contributed by atoms with van der Waals surface area (Å²) in [4.78, 5) is 15.6. The standard InChI is InChI=1S/C18H19N3O4S2/c1-19-15-8-14(2-3-16(15)25-18(19)22)27(23,24)21-10-13(11-21)20-6-4-17-12(9-20)5-7-26-17/h2-3,5,7-8,13H,4,6,9-11H2,1H3. The number of nitrogens with zero attached hydrogens (tertiary/aromatic N) is 3. The smallest absolute Gasteiger partial charge is 0.408 e. The van der Waals surface area contributed by atoms with E-state index >= 15 is 0 Å². The van der Waals surface area contributed by atoms with Crippen molar-refractivity contribution >= 4 is 32.5 Å². The number of benzene rings is 1. The molecule has 0 radical (unpaired) electrons. The van der Waals surface area contributed by atoms with Crippen molar-refractivity contribution in [2.24, 2.45) is 7.05 Å². The molecule has 0 N–H and O–H groups in total. The number of hydrogen-bond donors (Lipinski definition) is 0. The van der Waals surface area contributed by atoms with Gasteiger partial charge in [-0.25, -0.2) is 13.2 Å². The minimum Gasteiger partial charge on any atom is -0.408 e. The van der Waals surface area contributed by atoms with Crippen molar-refractivity contribution in [3.63, 3.8) is 0 Å². The third-order valence-electron chi connectivity index (χ3n) is 5.58. The monoisotopic (exact) mass is 405 g/mol. The number of aryl methyl sites for hydroxylation is 1. The average Bonchev–Trinajstić information content (AvgIpc) is 3.17. The van der Waals surface area contributed by atoms with Crippen LogP contribution in [0.25, 0.3) is 11.1 Å². The molecule has 2 aromatic heterocycles. The molecule has 3 aromatic rings. The van der Waals surface area contributed by atoms with Gasteiger partial charge in [0.25, 0.3) is 0 Å². The Balaban J connectivity index is 1.34. The number of oxazole rings is 1. The Bertz CT molecular complexity index is 1180. The van der Waals surface area contributed by atoms with Crippen LogP contribution in [-0.2, 0) is 30.0 Å². The molecule has 0 saturated carbocycles. The molecule has 1 fully saturated rings. The first-order chi connectivity index (χ1) is 12.9. The van der Waals surface area contributed by atoms with E-state index in [1.807, 2.05) is 0 Å². The van der Waals surface area contributed by atoms with Crippen LogP contribution in [0, 0.1) is 0 Å². The van der Waals surface area contributed by atoms with Gasteiger partial charge in [-0.3, -0.25) is 9.47 Å². The maximum atomic E-state index is 13.0. The van der Waals surface area contributed by atoms with Gasteiger partial charge in [-0.1, -0.05) is 0 Å². The molecule has 4 heterocycles. The zero-order chi connectivity index (χ0) is 18.8. The topological polar surface area (TPSA) is 75.8 Å². The van der Waals surface area contributed by atoms with Gasteiger partial charge in [0.15, 0.2) is 5.58 Å². The normalized spacial score (nSPS) is 19.3. The maximum absolute atomic E-state index is 13.0. The lowest BCUT2D eigenvalue weighted by molar-refractivity contribution is 0.0775. The van der Waals surface area contributed by atoms with Crippen molar-refractivity contribution in [2.75, 3.05) is 19.6 Å². The third kappa shape index (κ3) is 2.68. The van der Waals surface area contributed by atoms with Crippen molar-refractivity contribution in [2.45, 2.75) is 23.9 Å². The highest BCUT2D eigenvalue weighted by atomic mass is 32.2. The number of thiophene rings is 1. The Morgan fingerprint density at radius 2 is 2.04 bits per heavy atom. The van der Waals surface area contributed by atoms with Crippen LogP contribution in [0.2, 0.25) is 0 Å². The summed E-state index contributed by atoms with van der Waals surface area (Å²) in [6.07, 6.45) is 1.04. The number of rotatable bonds is 3. The molecule has 9 heteroatoms. The van der Waals surface area contributed by atoms with Gasteiger partial charge in [-0.15, -0.1) is 11.3 Å². The largest absolute Gasteiger partial charge is 0.419 e. The Morgan fingerprint density at radius 1 is 1.22 bits per heavy atom. The molecule has 2 aliphatic heterocycles. The minimum absolute atomic E-state index is 0.198. The number of aromatic nitrogens is 1. The Kier molecular flexibility index (Phi) is 3.84. The van der Waals surface area contributed by atoms with Gasteiger partial charge in [0.1, 0.15) is 0 Å². The van der Waals surface area contributed by atoms with Crippen molar-refractivity contribution in [1.29, 1.82) is 0 Å². The first-order valence-electron chi connectivity index (χ1n) is 8.82. The fourth-order valence-corrected chi connectivity index (χ4v) is 6.27. The Hall–Kier alpha value is -1.94. The van der Waals surface area contributed by atoms with Crippen molar-refractivity contribution < 1.29 is 12.8 Å². The predicted octanol–water partition coefficient (Wildman–Crippen LogP) is 1.62. The lowest BCUT2D eigenvalue weighted by atomic mass is 10.0. The SMILES string of the molecule is Cn1c(=O)oc2ccc(S(=O)(=O)N3CC(N4CCc5sccc5C4)C3)cc21. The van der Waals surface area contributed by atoms with E-state index in [0.29, 0.717) is 24.2 Å². The maximum Gasteiger partial charge on any atom is 0.419 e. The first kappa shape index (κ1) is 17.2. The molecule has 7 nitrogen and oxygen atoms in total. The van der Waals surface area contributed by atoms with Gasteiger partial charge in [0.05, 0.1) is 10.4 Å². The van der Waals surface area contributed by atoms with E-state index in [0.717, 1.165) is 19.5 Å². The van der Waals surface area contributed by atoms with Crippen molar-refractivity contribution in [3.8, 4) is 0 Å². The van der Waals surface area contributed by atoms with E-state index in [1.165, 1.54) is 31.4 Å². The number of fused-ring (bicyclic) bond motifs is 2. The van der Waals surface area contributed by atoms with Gasteiger partial charge < -0.3 is 4.42 Å². The fraction of sp³-hybridized carbons (Fsp3) is 0.389. The molecule has 0 atom stereocenters. The van der Waals surface area contributed by atoms with E-state index < -0.39 is 15.8 Å². The fourth-order valence-electron chi connectivity index (χ4n) is 3.84. The van der Waals surface area contributed by atoms with Crippen LogP contribution in [0.1, 0.15) is 10.4 Å². The van der Waals surface area contributed by atoms with Crippen LogP contribution < -0.4 is 5.76 Å². The molecule has 2 aliphatic rings. The Labute approximate surface area is 160 Å². The predicted molar refractivity (Wildman–Crippen MR) is 102 cm³/mol. The second kappa shape index (κ2) is 6.03. The van der Waals surface area contributed by atoms with E-state index in [1.54, 1.807) is 24.5 Å². The summed E-state index contributed by atoms with van der Waals surface area (Å²) in [6, 6.07) is 7.00. The Morgan fingerprint density at radius 3 is 2.85 bits per heavy atom. The summed E-state index contributed by atoms with van der Waals surface area (Å²) >= 11 is 1.81. The second-order valence-corrected chi connectivity index (χ2v) is 10.1. The number of sulfonamides is 1. The van der Waals surface area contributed by atoms with Crippen LogP contribution >= 0.6 is 11.3 Å². The molecular formula is C18H19N3O4S2. The van der Waals surface area contributed by atoms with Crippen LogP contribution in [0.3, 0.4) is 0 Å². The molecule has 0 spiro atoms. The van der Waals surface area contributed by atoms with Crippen LogP contribution in [0.5, 0.6) is 0 Å². The molecule has 142 valence electrons. The quantitative estimate of drug-likeness (QED) is 0.662. The first-order valence-corrected chi connectivity index (χ1v) is 11.1. The summed E-state index contributed by atoms with van der Waals surface area (Å²) in [7, 11) is -2.00. The molecule has 0 unspecified atom stereocenters. The molecule has 27 heavy (non-hydrogen) atoms. The van der Waals surface area contributed by atoms with Crippen LogP contribution in [0.15, 0.2) is 43.8 Å². The minimum atomic E-state index is -3.57. The van der Waals surface area contributed by atoms with Gasteiger partial charge in [0.2, 0.25) is 10.0 Å². The molecule has 0 bridgehead atoms. The molecule has 5 rings (SSSR count). The highest BCUT2D eigenvalue weighted by molar-refractivity contribution is 7.89. The lowest BCUT2D eigenvalue weighted by Gasteiger charge is -2.45. The molecule has 1 aromatic carbocycles. The molecular weight excluding hydrogens is 386 g/mol. The van der Waals surface area contributed by atoms with Crippen molar-refractivity contribution in [1.82, 2.24) is 13.8 Å². The van der Waals surface area contributed by atoms with E-state index in [-0.39, 0.29) is 10.9 Å². The van der Waals surface area contributed by atoms with Gasteiger partial charge in [0, 0.05) is 44.1 Å². The highest BCUT2D eigenvalue weighted by Gasteiger charge is 2.40. The van der Waals surface area contributed by atoms with E-state index in [2.05, 4.69) is 16.3 Å². The van der Waals surface area contributed by atoms with E-state index in [4.69, 9.17) is 4.42 Å². The van der Waals surface area contributed by atoms with Gasteiger partial charge in [-0.2, -0.15) is 4.31 Å². The molecule has 0 aliphatic carbocycles. The van der Waals surface area contributed by atoms with Gasteiger partial charge in [-0.05, 0) is 41.6 Å². The third-order valence-corrected chi connectivity index (χ3v) is 8.43. The zero-order valence-corrected chi connectivity index (χ0v) is 16.4. The summed E-state index contributed by atoms with van der Waals surface area (Å²) in [6.45, 7) is 2.89. The lowest BCUT2D eigenvalue weighted by Crippen LogP contribution is -2.61.